The number of carbonyl (C=O) groups is 3. The number of hydrogen-bond donors (Lipinski definition) is 0. The third kappa shape index (κ3) is 5.16. The van der Waals surface area contributed by atoms with Crippen LogP contribution < -0.4 is 0 Å². The van der Waals surface area contributed by atoms with Gasteiger partial charge in [-0.3, -0.25) is 4.79 Å². The van der Waals surface area contributed by atoms with Gasteiger partial charge in [0.15, 0.2) is 0 Å². The zero-order chi connectivity index (χ0) is 17.3. The lowest BCUT2D eigenvalue weighted by molar-refractivity contribution is -0.164. The van der Waals surface area contributed by atoms with Crippen molar-refractivity contribution in [3.63, 3.8) is 0 Å². The Hall–Kier alpha value is -1.85. The van der Waals surface area contributed by atoms with Gasteiger partial charge in [0.2, 0.25) is 0 Å². The van der Waals surface area contributed by atoms with Crippen LogP contribution in [0.2, 0.25) is 0 Å². The number of esters is 1. The molecular weight excluding hydrogens is 286 g/mol. The van der Waals surface area contributed by atoms with Gasteiger partial charge in [-0.1, -0.05) is 5.57 Å². The molecule has 0 fully saturated rings. The van der Waals surface area contributed by atoms with E-state index in [2.05, 4.69) is 0 Å². The Kier molecular flexibility index (Phi) is 5.05. The van der Waals surface area contributed by atoms with Crippen LogP contribution in [0.5, 0.6) is 0 Å². The molecule has 6 nitrogen and oxygen atoms in total. The van der Waals surface area contributed by atoms with Gasteiger partial charge >= 0.3 is 12.1 Å². The molecule has 0 aromatic rings. The standard InChI is InChI=1S/C16H25NO5/c1-10-8-11(13(19)21-15(2,3)4)17(12(18)9-10)14(20)22-16(5,6)7/h9,11H,8H2,1-7H3/t11-/m0/s1. The third-order valence-electron chi connectivity index (χ3n) is 2.70. The van der Waals surface area contributed by atoms with E-state index in [0.29, 0.717) is 0 Å². The van der Waals surface area contributed by atoms with Gasteiger partial charge in [0.05, 0.1) is 0 Å². The Morgan fingerprint density at radius 2 is 1.59 bits per heavy atom. The number of carbonyl (C=O) groups excluding carboxylic acids is 3. The van der Waals surface area contributed by atoms with E-state index in [4.69, 9.17) is 9.47 Å². The van der Waals surface area contributed by atoms with E-state index in [1.54, 1.807) is 48.5 Å². The molecule has 0 aromatic heterocycles. The summed E-state index contributed by atoms with van der Waals surface area (Å²) in [6.45, 7) is 12.0. The molecular formula is C16H25NO5. The summed E-state index contributed by atoms with van der Waals surface area (Å²) in [4.78, 5) is 37.6. The fourth-order valence-corrected chi connectivity index (χ4v) is 1.98. The maximum Gasteiger partial charge on any atom is 0.418 e. The second-order valence-electron chi connectivity index (χ2n) is 7.43. The van der Waals surface area contributed by atoms with Gasteiger partial charge in [-0.15, -0.1) is 0 Å². The van der Waals surface area contributed by atoms with E-state index < -0.39 is 35.2 Å². The average molecular weight is 311 g/mol. The van der Waals surface area contributed by atoms with Crippen LogP contribution in [0.25, 0.3) is 0 Å². The van der Waals surface area contributed by atoms with Gasteiger partial charge in [0.1, 0.15) is 17.2 Å². The second kappa shape index (κ2) is 6.10. The van der Waals surface area contributed by atoms with Gasteiger partial charge in [0, 0.05) is 12.5 Å². The van der Waals surface area contributed by atoms with Crippen molar-refractivity contribution in [2.24, 2.45) is 0 Å². The maximum atomic E-state index is 12.3. The third-order valence-corrected chi connectivity index (χ3v) is 2.70. The van der Waals surface area contributed by atoms with Crippen LogP contribution in [0, 0.1) is 0 Å². The number of rotatable bonds is 1. The Morgan fingerprint density at radius 3 is 2.05 bits per heavy atom. The smallest absolute Gasteiger partial charge is 0.418 e. The quantitative estimate of drug-likeness (QED) is 0.696. The fourth-order valence-electron chi connectivity index (χ4n) is 1.98. The van der Waals surface area contributed by atoms with Crippen molar-refractivity contribution >= 4 is 18.0 Å². The van der Waals surface area contributed by atoms with Crippen LogP contribution in [-0.2, 0) is 19.1 Å². The van der Waals surface area contributed by atoms with Crippen molar-refractivity contribution in [3.8, 4) is 0 Å². The lowest BCUT2D eigenvalue weighted by Gasteiger charge is -2.34. The zero-order valence-electron chi connectivity index (χ0n) is 14.4. The fraction of sp³-hybridized carbons (Fsp3) is 0.688. The number of imide groups is 1. The lowest BCUT2D eigenvalue weighted by Crippen LogP contribution is -2.53. The van der Waals surface area contributed by atoms with Crippen molar-refractivity contribution < 1.29 is 23.9 Å². The minimum atomic E-state index is -0.994. The highest BCUT2D eigenvalue weighted by Gasteiger charge is 2.41. The van der Waals surface area contributed by atoms with Gasteiger partial charge in [0.25, 0.3) is 5.91 Å². The molecule has 124 valence electrons. The van der Waals surface area contributed by atoms with Crippen molar-refractivity contribution in [2.75, 3.05) is 0 Å². The van der Waals surface area contributed by atoms with Gasteiger partial charge in [-0.25, -0.2) is 14.5 Å². The van der Waals surface area contributed by atoms with Crippen LogP contribution in [0.4, 0.5) is 4.79 Å². The van der Waals surface area contributed by atoms with Gasteiger partial charge in [-0.05, 0) is 48.5 Å². The Labute approximate surface area is 131 Å². The molecule has 1 aliphatic heterocycles. The average Bonchev–Trinajstić information content (AvgIpc) is 2.22. The summed E-state index contributed by atoms with van der Waals surface area (Å²) >= 11 is 0. The van der Waals surface area contributed by atoms with Crippen molar-refractivity contribution in [3.05, 3.63) is 11.6 Å². The molecule has 0 spiro atoms. The molecule has 0 N–H and O–H groups in total. The first-order chi connectivity index (χ1) is 9.80. The summed E-state index contributed by atoms with van der Waals surface area (Å²) in [7, 11) is 0. The van der Waals surface area contributed by atoms with Crippen LogP contribution in [0.3, 0.4) is 0 Å². The molecule has 0 radical (unpaired) electrons. The first-order valence-corrected chi connectivity index (χ1v) is 7.26. The van der Waals surface area contributed by atoms with Crippen LogP contribution >= 0.6 is 0 Å². The largest absolute Gasteiger partial charge is 0.458 e. The molecule has 22 heavy (non-hydrogen) atoms. The molecule has 6 heteroatoms. The minimum Gasteiger partial charge on any atom is -0.458 e. The summed E-state index contributed by atoms with van der Waals surface area (Å²) in [5, 5.41) is 0. The molecule has 1 aliphatic rings. The van der Waals surface area contributed by atoms with Gasteiger partial charge in [-0.2, -0.15) is 0 Å². The van der Waals surface area contributed by atoms with E-state index >= 15 is 0 Å². The highest BCUT2D eigenvalue weighted by Crippen LogP contribution is 2.24. The van der Waals surface area contributed by atoms with E-state index in [9.17, 15) is 14.4 Å². The van der Waals surface area contributed by atoms with E-state index in [1.165, 1.54) is 6.08 Å². The van der Waals surface area contributed by atoms with Crippen LogP contribution in [0.15, 0.2) is 11.6 Å². The topological polar surface area (TPSA) is 72.9 Å². The first kappa shape index (κ1) is 18.2. The minimum absolute atomic E-state index is 0.250. The normalized spacial score (nSPS) is 19.6. The van der Waals surface area contributed by atoms with Crippen molar-refractivity contribution in [1.29, 1.82) is 0 Å². The lowest BCUT2D eigenvalue weighted by atomic mass is 10.0. The Bertz CT molecular complexity index is 508. The summed E-state index contributed by atoms with van der Waals surface area (Å²) in [5.74, 6) is -1.17. The first-order valence-electron chi connectivity index (χ1n) is 7.26. The van der Waals surface area contributed by atoms with Crippen LogP contribution in [0.1, 0.15) is 54.9 Å². The van der Waals surface area contributed by atoms with Crippen molar-refractivity contribution in [1.82, 2.24) is 4.90 Å². The highest BCUT2D eigenvalue weighted by atomic mass is 16.6. The molecule has 1 heterocycles. The monoisotopic (exact) mass is 311 g/mol. The summed E-state index contributed by atoms with van der Waals surface area (Å²) in [6.07, 6.45) is 0.752. The molecule has 0 saturated carbocycles. The number of hydrogen-bond acceptors (Lipinski definition) is 5. The Balaban J connectivity index is 3.05. The number of nitrogens with zero attached hydrogens (tertiary/aromatic N) is 1. The molecule has 0 aliphatic carbocycles. The molecule has 1 rings (SSSR count). The molecule has 0 unspecified atom stereocenters. The van der Waals surface area contributed by atoms with Crippen molar-refractivity contribution in [2.45, 2.75) is 72.1 Å². The summed E-state index contributed by atoms with van der Waals surface area (Å²) in [5.41, 5.74) is -0.735. The number of ether oxygens (including phenoxy) is 2. The van der Waals surface area contributed by atoms with Crippen LogP contribution in [-0.4, -0.2) is 40.1 Å². The number of amides is 2. The SMILES string of the molecule is CC1=CC(=O)N(C(=O)OC(C)(C)C)[C@H](C(=O)OC(C)(C)C)C1. The highest BCUT2D eigenvalue weighted by molar-refractivity contribution is 6.03. The molecule has 1 atom stereocenters. The Morgan fingerprint density at radius 1 is 1.09 bits per heavy atom. The second-order valence-corrected chi connectivity index (χ2v) is 7.43. The molecule has 0 saturated heterocycles. The summed E-state index contributed by atoms with van der Waals surface area (Å²) < 4.78 is 10.5. The maximum absolute atomic E-state index is 12.3. The molecule has 0 bridgehead atoms. The van der Waals surface area contributed by atoms with E-state index in [0.717, 1.165) is 10.5 Å². The van der Waals surface area contributed by atoms with E-state index in [1.807, 2.05) is 0 Å². The predicted octanol–water partition coefficient (Wildman–Crippen LogP) is 2.81. The van der Waals surface area contributed by atoms with E-state index in [-0.39, 0.29) is 6.42 Å². The molecule has 0 aromatic carbocycles. The predicted molar refractivity (Wildman–Crippen MR) is 81.1 cm³/mol. The summed E-state index contributed by atoms with van der Waals surface area (Å²) in [6, 6.07) is -0.994. The molecule has 2 amide bonds. The zero-order valence-corrected chi connectivity index (χ0v) is 14.4. The van der Waals surface area contributed by atoms with Gasteiger partial charge < -0.3 is 9.47 Å².